The average molecular weight is 368 g/mol. The molecule has 0 atom stereocenters. The summed E-state index contributed by atoms with van der Waals surface area (Å²) in [6.07, 6.45) is -1.05. The number of carbonyl (C=O) groups excluding carboxylic acids is 1. The largest absolute Gasteiger partial charge is 0.465 e. The van der Waals surface area contributed by atoms with Gasteiger partial charge in [-0.2, -0.15) is 0 Å². The summed E-state index contributed by atoms with van der Waals surface area (Å²) in [5.41, 5.74) is 2.90. The number of nitrogens with one attached hydrogen (secondary N) is 1. The van der Waals surface area contributed by atoms with E-state index in [1.807, 2.05) is 67.3 Å². The van der Waals surface area contributed by atoms with Crippen molar-refractivity contribution in [2.75, 3.05) is 26.3 Å². The first-order chi connectivity index (χ1) is 12.9. The van der Waals surface area contributed by atoms with E-state index in [4.69, 9.17) is 9.84 Å². The summed E-state index contributed by atoms with van der Waals surface area (Å²) < 4.78 is 5.29. The van der Waals surface area contributed by atoms with Gasteiger partial charge in [0, 0.05) is 18.7 Å². The third kappa shape index (κ3) is 4.46. The van der Waals surface area contributed by atoms with Crippen LogP contribution >= 0.6 is 0 Å². The minimum Gasteiger partial charge on any atom is -0.465 e. The van der Waals surface area contributed by atoms with Crippen molar-refractivity contribution in [1.29, 1.82) is 0 Å². The van der Waals surface area contributed by atoms with Gasteiger partial charge in [0.25, 0.3) is 5.91 Å². The molecule has 1 heterocycles. The number of carbonyl (C=O) groups is 2. The Morgan fingerprint density at radius 2 is 1.48 bits per heavy atom. The number of ether oxygens (including phenoxy) is 1. The Morgan fingerprint density at radius 1 is 0.963 bits per heavy atom. The van der Waals surface area contributed by atoms with Crippen molar-refractivity contribution in [2.45, 2.75) is 19.4 Å². The van der Waals surface area contributed by atoms with Crippen molar-refractivity contribution in [3.8, 4) is 11.1 Å². The molecule has 6 nitrogen and oxygen atoms in total. The van der Waals surface area contributed by atoms with Crippen molar-refractivity contribution in [3.63, 3.8) is 0 Å². The number of carboxylic acid groups (broad SMARTS) is 1. The molecule has 2 aromatic carbocycles. The number of morpholine rings is 1. The Hall–Kier alpha value is -2.86. The van der Waals surface area contributed by atoms with Crippen molar-refractivity contribution in [2.24, 2.45) is 0 Å². The summed E-state index contributed by atoms with van der Waals surface area (Å²) in [5.74, 6) is 0.0293. The molecule has 1 fully saturated rings. The number of hydrogen-bond donors (Lipinski definition) is 2. The fourth-order valence-corrected chi connectivity index (χ4v) is 3.17. The van der Waals surface area contributed by atoms with Gasteiger partial charge in [-0.15, -0.1) is 0 Å². The monoisotopic (exact) mass is 368 g/mol. The fourth-order valence-electron chi connectivity index (χ4n) is 3.17. The van der Waals surface area contributed by atoms with Crippen LogP contribution in [0, 0.1) is 0 Å². The summed E-state index contributed by atoms with van der Waals surface area (Å²) in [4.78, 5) is 25.2. The van der Waals surface area contributed by atoms with E-state index in [9.17, 15) is 9.59 Å². The first-order valence-electron chi connectivity index (χ1n) is 8.96. The third-order valence-electron chi connectivity index (χ3n) is 4.79. The maximum Gasteiger partial charge on any atom is 0.405 e. The van der Waals surface area contributed by atoms with Gasteiger partial charge in [-0.25, -0.2) is 4.79 Å². The minimum absolute atomic E-state index is 0.0293. The van der Waals surface area contributed by atoms with Crippen LogP contribution in [-0.4, -0.2) is 48.3 Å². The lowest BCUT2D eigenvalue weighted by molar-refractivity contribution is 0.0303. The van der Waals surface area contributed by atoms with Crippen LogP contribution in [0.5, 0.6) is 0 Å². The molecule has 6 heteroatoms. The van der Waals surface area contributed by atoms with Gasteiger partial charge in [-0.1, -0.05) is 36.4 Å². The highest BCUT2D eigenvalue weighted by Crippen LogP contribution is 2.25. The molecule has 0 unspecified atom stereocenters. The third-order valence-corrected chi connectivity index (χ3v) is 4.79. The van der Waals surface area contributed by atoms with Crippen LogP contribution < -0.4 is 5.32 Å². The van der Waals surface area contributed by atoms with Crippen molar-refractivity contribution in [3.05, 3.63) is 59.7 Å². The summed E-state index contributed by atoms with van der Waals surface area (Å²) in [7, 11) is 0. The lowest BCUT2D eigenvalue weighted by atomic mass is 9.92. The number of rotatable bonds is 4. The summed E-state index contributed by atoms with van der Waals surface area (Å²) in [5, 5.41) is 11.5. The highest BCUT2D eigenvalue weighted by Gasteiger charge is 2.22. The molecular formula is C21H24N2O4. The molecule has 2 N–H and O–H groups in total. The lowest BCUT2D eigenvalue weighted by Crippen LogP contribution is -2.40. The molecule has 0 saturated carbocycles. The lowest BCUT2D eigenvalue weighted by Gasteiger charge is -2.27. The smallest absolute Gasteiger partial charge is 0.405 e. The van der Waals surface area contributed by atoms with Gasteiger partial charge in [0.15, 0.2) is 0 Å². The standard InChI is InChI=1S/C21H24N2O4/c1-21(2,22-20(25)26)18-9-7-16(8-10-18)15-3-5-17(6-4-15)19(24)23-11-13-27-14-12-23/h3-10,22H,11-14H2,1-2H3,(H,25,26). The van der Waals surface area contributed by atoms with Gasteiger partial charge in [-0.3, -0.25) is 4.79 Å². The van der Waals surface area contributed by atoms with E-state index >= 15 is 0 Å². The highest BCUT2D eigenvalue weighted by atomic mass is 16.5. The van der Waals surface area contributed by atoms with Crippen molar-refractivity contribution < 1.29 is 19.4 Å². The SMILES string of the molecule is CC(C)(NC(=O)O)c1ccc(-c2ccc(C(=O)N3CCOCC3)cc2)cc1. The number of benzene rings is 2. The topological polar surface area (TPSA) is 78.9 Å². The normalized spacial score (nSPS) is 14.7. The van der Waals surface area contributed by atoms with Crippen LogP contribution in [0.3, 0.4) is 0 Å². The van der Waals surface area contributed by atoms with E-state index < -0.39 is 11.6 Å². The van der Waals surface area contributed by atoms with E-state index in [1.54, 1.807) is 0 Å². The Morgan fingerprint density at radius 3 is 2.00 bits per heavy atom. The molecule has 0 radical (unpaired) electrons. The van der Waals surface area contributed by atoms with Gasteiger partial charge < -0.3 is 20.1 Å². The van der Waals surface area contributed by atoms with Crippen LogP contribution in [0.1, 0.15) is 29.8 Å². The van der Waals surface area contributed by atoms with Crippen LogP contribution in [0.2, 0.25) is 0 Å². The zero-order valence-corrected chi connectivity index (χ0v) is 15.6. The molecule has 142 valence electrons. The van der Waals surface area contributed by atoms with Gasteiger partial charge in [0.2, 0.25) is 0 Å². The maximum absolute atomic E-state index is 12.5. The average Bonchev–Trinajstić information content (AvgIpc) is 2.67. The van der Waals surface area contributed by atoms with Crippen LogP contribution in [0.4, 0.5) is 4.79 Å². The van der Waals surface area contributed by atoms with E-state index in [-0.39, 0.29) is 5.91 Å². The Labute approximate surface area is 158 Å². The van der Waals surface area contributed by atoms with Gasteiger partial charge in [-0.05, 0) is 42.7 Å². The first-order valence-corrected chi connectivity index (χ1v) is 8.96. The molecule has 0 bridgehead atoms. The molecule has 2 aromatic rings. The molecular weight excluding hydrogens is 344 g/mol. The van der Waals surface area contributed by atoms with Crippen molar-refractivity contribution >= 4 is 12.0 Å². The van der Waals surface area contributed by atoms with Crippen LogP contribution in [-0.2, 0) is 10.3 Å². The van der Waals surface area contributed by atoms with Gasteiger partial charge >= 0.3 is 6.09 Å². The number of hydrogen-bond acceptors (Lipinski definition) is 3. The van der Waals surface area contributed by atoms with Gasteiger partial charge in [0.05, 0.1) is 18.8 Å². The number of amides is 2. The van der Waals surface area contributed by atoms with Gasteiger partial charge in [0.1, 0.15) is 0 Å². The van der Waals surface area contributed by atoms with E-state index in [0.717, 1.165) is 16.7 Å². The summed E-state index contributed by atoms with van der Waals surface area (Å²) in [6, 6.07) is 15.3. The minimum atomic E-state index is -1.05. The second-order valence-electron chi connectivity index (χ2n) is 7.11. The summed E-state index contributed by atoms with van der Waals surface area (Å²) in [6.45, 7) is 6.07. The van der Waals surface area contributed by atoms with Crippen LogP contribution in [0.15, 0.2) is 48.5 Å². The second-order valence-corrected chi connectivity index (χ2v) is 7.11. The molecule has 0 aliphatic carbocycles. The van der Waals surface area contributed by atoms with E-state index in [2.05, 4.69) is 5.32 Å². The Balaban J connectivity index is 1.73. The molecule has 2 amide bonds. The predicted molar refractivity (Wildman–Crippen MR) is 103 cm³/mol. The predicted octanol–water partition coefficient (Wildman–Crippen LogP) is 3.33. The Kier molecular flexibility index (Phi) is 5.46. The second kappa shape index (κ2) is 7.80. The zero-order chi connectivity index (χ0) is 19.4. The highest BCUT2D eigenvalue weighted by molar-refractivity contribution is 5.94. The van der Waals surface area contributed by atoms with E-state index in [1.165, 1.54) is 0 Å². The molecule has 27 heavy (non-hydrogen) atoms. The summed E-state index contributed by atoms with van der Waals surface area (Å²) >= 11 is 0. The molecule has 1 aliphatic rings. The molecule has 0 aromatic heterocycles. The Bertz CT molecular complexity index is 807. The molecule has 1 aliphatic heterocycles. The fraction of sp³-hybridized carbons (Fsp3) is 0.333. The number of nitrogens with zero attached hydrogens (tertiary/aromatic N) is 1. The zero-order valence-electron chi connectivity index (χ0n) is 15.6. The first kappa shape index (κ1) is 18.9. The molecule has 0 spiro atoms. The van der Waals surface area contributed by atoms with Crippen molar-refractivity contribution in [1.82, 2.24) is 10.2 Å². The maximum atomic E-state index is 12.5. The molecule has 1 saturated heterocycles. The quantitative estimate of drug-likeness (QED) is 0.868. The molecule has 3 rings (SSSR count). The van der Waals surface area contributed by atoms with E-state index in [0.29, 0.717) is 31.9 Å². The van der Waals surface area contributed by atoms with Crippen LogP contribution in [0.25, 0.3) is 11.1 Å².